The smallest absolute Gasteiger partial charge is 0.320 e. The van der Waals surface area contributed by atoms with Crippen LogP contribution in [-0.2, 0) is 9.59 Å². The molecule has 12 heavy (non-hydrogen) atoms. The number of nitrogens with two attached hydrogens (primary N) is 1. The van der Waals surface area contributed by atoms with E-state index in [1.54, 1.807) is 11.8 Å². The van der Waals surface area contributed by atoms with E-state index < -0.39 is 17.9 Å². The summed E-state index contributed by atoms with van der Waals surface area (Å²) >= 11 is 0. The third-order valence-corrected chi connectivity index (χ3v) is 2.24. The molecule has 3 N–H and O–H groups in total. The summed E-state index contributed by atoms with van der Waals surface area (Å²) < 4.78 is 0. The molecule has 1 aliphatic heterocycles. The number of carbonyl (C=O) groups excluding carboxylic acids is 1. The molecule has 5 heteroatoms. The number of rotatable bonds is 3. The largest absolute Gasteiger partial charge is 0.480 e. The van der Waals surface area contributed by atoms with Gasteiger partial charge in [0.1, 0.15) is 6.04 Å². The number of primary amides is 1. The zero-order valence-corrected chi connectivity index (χ0v) is 6.86. The van der Waals surface area contributed by atoms with E-state index in [1.807, 2.05) is 0 Å². The Hall–Kier alpha value is -1.10. The van der Waals surface area contributed by atoms with Crippen LogP contribution in [0.25, 0.3) is 0 Å². The highest BCUT2D eigenvalue weighted by Crippen LogP contribution is 2.19. The van der Waals surface area contributed by atoms with Gasteiger partial charge in [-0.25, -0.2) is 0 Å². The minimum atomic E-state index is -0.916. The average Bonchev–Trinajstić information content (AvgIpc) is 1.82. The number of hydrogen-bond donors (Lipinski definition) is 2. The molecule has 2 unspecified atom stereocenters. The topological polar surface area (TPSA) is 83.6 Å². The summed E-state index contributed by atoms with van der Waals surface area (Å²) in [4.78, 5) is 22.8. The van der Waals surface area contributed by atoms with Crippen LogP contribution in [0.1, 0.15) is 13.3 Å². The first-order valence-electron chi connectivity index (χ1n) is 3.82. The van der Waals surface area contributed by atoms with E-state index in [0.717, 1.165) is 0 Å². The van der Waals surface area contributed by atoms with Crippen molar-refractivity contribution in [2.75, 3.05) is 6.54 Å². The van der Waals surface area contributed by atoms with Crippen LogP contribution < -0.4 is 5.73 Å². The molecule has 1 rings (SSSR count). The van der Waals surface area contributed by atoms with Crippen LogP contribution >= 0.6 is 0 Å². The SMILES string of the molecule is CC(C(=O)O)N1CCC1C(N)=O. The summed E-state index contributed by atoms with van der Waals surface area (Å²) in [5.74, 6) is -1.35. The van der Waals surface area contributed by atoms with E-state index in [9.17, 15) is 9.59 Å². The first kappa shape index (κ1) is 8.99. The molecule has 2 atom stereocenters. The monoisotopic (exact) mass is 172 g/mol. The van der Waals surface area contributed by atoms with Gasteiger partial charge in [0, 0.05) is 6.54 Å². The molecular formula is C7H12N2O3. The molecule has 68 valence electrons. The number of hydrogen-bond acceptors (Lipinski definition) is 3. The van der Waals surface area contributed by atoms with E-state index in [0.29, 0.717) is 13.0 Å². The van der Waals surface area contributed by atoms with Crippen molar-refractivity contribution < 1.29 is 14.7 Å². The van der Waals surface area contributed by atoms with Gasteiger partial charge in [-0.05, 0) is 13.3 Å². The fourth-order valence-electron chi connectivity index (χ4n) is 1.32. The van der Waals surface area contributed by atoms with Crippen molar-refractivity contribution in [3.05, 3.63) is 0 Å². The van der Waals surface area contributed by atoms with Crippen molar-refractivity contribution in [1.29, 1.82) is 0 Å². The summed E-state index contributed by atoms with van der Waals surface area (Å²) in [6, 6.07) is -0.993. The van der Waals surface area contributed by atoms with Crippen LogP contribution in [-0.4, -0.2) is 40.5 Å². The van der Waals surface area contributed by atoms with Gasteiger partial charge in [-0.2, -0.15) is 0 Å². The molecule has 0 radical (unpaired) electrons. The fourth-order valence-corrected chi connectivity index (χ4v) is 1.32. The van der Waals surface area contributed by atoms with Crippen LogP contribution in [0.15, 0.2) is 0 Å². The predicted octanol–water partition coefficient (Wildman–Crippen LogP) is -0.981. The van der Waals surface area contributed by atoms with Gasteiger partial charge in [0.25, 0.3) is 0 Å². The fraction of sp³-hybridized carbons (Fsp3) is 0.714. The van der Waals surface area contributed by atoms with E-state index in [2.05, 4.69) is 0 Å². The highest BCUT2D eigenvalue weighted by Gasteiger charge is 2.38. The van der Waals surface area contributed by atoms with Crippen LogP contribution in [0.4, 0.5) is 0 Å². The Bertz CT molecular complexity index is 201. The van der Waals surface area contributed by atoms with Gasteiger partial charge in [-0.3, -0.25) is 14.5 Å². The maximum absolute atomic E-state index is 10.7. The molecule has 0 bridgehead atoms. The van der Waals surface area contributed by atoms with Crippen molar-refractivity contribution in [2.45, 2.75) is 25.4 Å². The first-order chi connectivity index (χ1) is 5.54. The molecule has 0 spiro atoms. The zero-order valence-electron chi connectivity index (χ0n) is 6.86. The lowest BCUT2D eigenvalue weighted by molar-refractivity contribution is -0.148. The van der Waals surface area contributed by atoms with Gasteiger partial charge in [0.2, 0.25) is 5.91 Å². The predicted molar refractivity (Wildman–Crippen MR) is 41.4 cm³/mol. The third kappa shape index (κ3) is 1.40. The van der Waals surface area contributed by atoms with Crippen molar-refractivity contribution in [3.63, 3.8) is 0 Å². The van der Waals surface area contributed by atoms with Gasteiger partial charge in [0.15, 0.2) is 0 Å². The molecule has 0 aliphatic carbocycles. The number of likely N-dealkylation sites (tertiary alicyclic amines) is 1. The molecule has 1 amide bonds. The number of aliphatic carboxylic acids is 1. The van der Waals surface area contributed by atoms with Gasteiger partial charge < -0.3 is 10.8 Å². The molecule has 5 nitrogen and oxygen atoms in total. The lowest BCUT2D eigenvalue weighted by atomic mass is 10.00. The van der Waals surface area contributed by atoms with Gasteiger partial charge in [0.05, 0.1) is 6.04 Å². The Kier molecular flexibility index (Phi) is 2.32. The van der Waals surface area contributed by atoms with E-state index in [-0.39, 0.29) is 6.04 Å². The van der Waals surface area contributed by atoms with Crippen molar-refractivity contribution in [2.24, 2.45) is 5.73 Å². The number of nitrogens with zero attached hydrogens (tertiary/aromatic N) is 1. The molecule has 0 aromatic carbocycles. The Morgan fingerprint density at radius 3 is 2.50 bits per heavy atom. The maximum Gasteiger partial charge on any atom is 0.320 e. The van der Waals surface area contributed by atoms with E-state index in [1.165, 1.54) is 0 Å². The zero-order chi connectivity index (χ0) is 9.30. The third-order valence-electron chi connectivity index (χ3n) is 2.24. The highest BCUT2D eigenvalue weighted by molar-refractivity contribution is 5.82. The van der Waals surface area contributed by atoms with Crippen LogP contribution in [0.5, 0.6) is 0 Å². The summed E-state index contributed by atoms with van der Waals surface area (Å²) in [5, 5.41) is 8.62. The second-order valence-corrected chi connectivity index (χ2v) is 2.96. The molecule has 0 saturated carbocycles. The van der Waals surface area contributed by atoms with Crippen LogP contribution in [0.2, 0.25) is 0 Å². The molecule has 0 aromatic heterocycles. The normalized spacial score (nSPS) is 25.9. The summed E-state index contributed by atoms with van der Waals surface area (Å²) in [5.41, 5.74) is 5.05. The lowest BCUT2D eigenvalue weighted by Crippen LogP contribution is -2.59. The minimum absolute atomic E-state index is 0.379. The van der Waals surface area contributed by atoms with E-state index >= 15 is 0 Å². The molecule has 1 aliphatic rings. The van der Waals surface area contributed by atoms with Gasteiger partial charge in [-0.1, -0.05) is 0 Å². The second-order valence-electron chi connectivity index (χ2n) is 2.96. The van der Waals surface area contributed by atoms with Crippen molar-refractivity contribution >= 4 is 11.9 Å². The first-order valence-corrected chi connectivity index (χ1v) is 3.82. The lowest BCUT2D eigenvalue weighted by Gasteiger charge is -2.41. The average molecular weight is 172 g/mol. The molecule has 1 saturated heterocycles. The Balaban J connectivity index is 2.54. The molecular weight excluding hydrogens is 160 g/mol. The summed E-state index contributed by atoms with van der Waals surface area (Å²) in [7, 11) is 0. The highest BCUT2D eigenvalue weighted by atomic mass is 16.4. The molecule has 0 aromatic rings. The Morgan fingerprint density at radius 1 is 1.67 bits per heavy atom. The second kappa shape index (κ2) is 3.10. The minimum Gasteiger partial charge on any atom is -0.480 e. The van der Waals surface area contributed by atoms with Gasteiger partial charge in [-0.15, -0.1) is 0 Å². The van der Waals surface area contributed by atoms with Crippen LogP contribution in [0, 0.1) is 0 Å². The maximum atomic E-state index is 10.7. The Morgan fingerprint density at radius 2 is 2.25 bits per heavy atom. The number of carboxylic acid groups (broad SMARTS) is 1. The molecule has 1 heterocycles. The van der Waals surface area contributed by atoms with Crippen LogP contribution in [0.3, 0.4) is 0 Å². The molecule has 1 fully saturated rings. The summed E-state index contributed by atoms with van der Waals surface area (Å²) in [6.07, 6.45) is 0.674. The van der Waals surface area contributed by atoms with Gasteiger partial charge >= 0.3 is 5.97 Å². The van der Waals surface area contributed by atoms with E-state index in [4.69, 9.17) is 10.8 Å². The quantitative estimate of drug-likeness (QED) is 0.573. The van der Waals surface area contributed by atoms with Crippen molar-refractivity contribution in [3.8, 4) is 0 Å². The number of carboxylic acids is 1. The number of carbonyl (C=O) groups is 2. The Labute approximate surface area is 70.1 Å². The number of amides is 1. The summed E-state index contributed by atoms with van der Waals surface area (Å²) in [6.45, 7) is 2.19. The standard InChI is InChI=1S/C7H12N2O3/c1-4(7(11)12)9-3-2-5(9)6(8)10/h4-5H,2-3H2,1H3,(H2,8,10)(H,11,12). The van der Waals surface area contributed by atoms with Crippen molar-refractivity contribution in [1.82, 2.24) is 4.90 Å².